The molecule has 2 atom stereocenters. The van der Waals surface area contributed by atoms with Gasteiger partial charge in [-0.25, -0.2) is 9.69 Å². The minimum atomic E-state index is -0.857. The predicted molar refractivity (Wildman–Crippen MR) is 124 cm³/mol. The lowest BCUT2D eigenvalue weighted by Gasteiger charge is -2.34. The molecule has 2 fully saturated rings. The molecule has 1 aromatic rings. The maximum atomic E-state index is 13.1. The van der Waals surface area contributed by atoms with Gasteiger partial charge in [-0.1, -0.05) is 11.1 Å². The van der Waals surface area contributed by atoms with Gasteiger partial charge in [0.25, 0.3) is 5.91 Å². The summed E-state index contributed by atoms with van der Waals surface area (Å²) in [5.41, 5.74) is 2.29. The number of carbonyl (C=O) groups is 2. The average Bonchev–Trinajstić information content (AvgIpc) is 3.16. The van der Waals surface area contributed by atoms with Crippen molar-refractivity contribution >= 4 is 23.7 Å². The van der Waals surface area contributed by atoms with E-state index < -0.39 is 18.2 Å². The lowest BCUT2D eigenvalue weighted by molar-refractivity contribution is -0.544. The second kappa shape index (κ2) is 9.11. The van der Waals surface area contributed by atoms with E-state index in [9.17, 15) is 14.7 Å². The van der Waals surface area contributed by atoms with E-state index in [1.165, 1.54) is 17.5 Å². The zero-order valence-corrected chi connectivity index (χ0v) is 20.0. The van der Waals surface area contributed by atoms with Crippen LogP contribution in [0.25, 0.3) is 0 Å². The van der Waals surface area contributed by atoms with Gasteiger partial charge in [0.05, 0.1) is 19.6 Å². The number of aryl methyl sites for hydroxylation is 2. The number of imide groups is 1. The number of nitrogens with zero attached hydrogens (tertiary/aromatic N) is 6. The van der Waals surface area contributed by atoms with E-state index in [2.05, 4.69) is 16.5 Å². The van der Waals surface area contributed by atoms with E-state index in [-0.39, 0.29) is 19.1 Å². The number of aliphatic hydroxyl groups excluding tert-OH is 1. The van der Waals surface area contributed by atoms with E-state index in [4.69, 9.17) is 9.73 Å². The van der Waals surface area contributed by atoms with E-state index >= 15 is 0 Å². The summed E-state index contributed by atoms with van der Waals surface area (Å²) >= 11 is 0. The number of hydrogen-bond acceptors (Lipinski definition) is 5. The summed E-state index contributed by atoms with van der Waals surface area (Å²) in [7, 11) is 5.17. The number of urea groups is 1. The Kier molecular flexibility index (Phi) is 6.40. The van der Waals surface area contributed by atoms with Gasteiger partial charge in [0, 0.05) is 27.2 Å². The van der Waals surface area contributed by atoms with Crippen LogP contribution < -0.4 is 4.74 Å². The summed E-state index contributed by atoms with van der Waals surface area (Å²) in [6.45, 7) is 7.53. The number of carbonyl (C=O) groups excluding carboxylic acids is 2. The number of rotatable bonds is 5. The van der Waals surface area contributed by atoms with Crippen LogP contribution in [0.3, 0.4) is 0 Å². The molecule has 0 bridgehead atoms. The molecule has 4 rings (SSSR count). The summed E-state index contributed by atoms with van der Waals surface area (Å²) in [6.07, 6.45) is -0.857. The highest BCUT2D eigenvalue weighted by Gasteiger charge is 2.55. The number of piperazine rings is 1. The zero-order valence-electron chi connectivity index (χ0n) is 20.0. The van der Waals surface area contributed by atoms with Crippen molar-refractivity contribution in [3.8, 4) is 5.75 Å². The van der Waals surface area contributed by atoms with Crippen LogP contribution in [0.5, 0.6) is 5.75 Å². The molecule has 10 nitrogen and oxygen atoms in total. The smallest absolute Gasteiger partial charge is 0.392 e. The molecule has 0 saturated carbocycles. The summed E-state index contributed by atoms with van der Waals surface area (Å²) in [6, 6.07) is 4.66. The molecule has 10 heteroatoms. The van der Waals surface area contributed by atoms with E-state index in [1.54, 1.807) is 7.05 Å². The van der Waals surface area contributed by atoms with Gasteiger partial charge >= 0.3 is 12.0 Å². The van der Waals surface area contributed by atoms with E-state index in [0.717, 1.165) is 36.6 Å². The molecule has 2 saturated heterocycles. The van der Waals surface area contributed by atoms with Crippen molar-refractivity contribution in [2.24, 2.45) is 4.99 Å². The van der Waals surface area contributed by atoms with Crippen LogP contribution in [-0.4, -0.2) is 126 Å². The van der Waals surface area contributed by atoms with E-state index in [1.807, 2.05) is 36.9 Å². The van der Waals surface area contributed by atoms with Crippen molar-refractivity contribution in [2.75, 3.05) is 60.5 Å². The Bertz CT molecular complexity index is 1010. The van der Waals surface area contributed by atoms with Crippen molar-refractivity contribution in [1.29, 1.82) is 0 Å². The van der Waals surface area contributed by atoms with Crippen LogP contribution >= 0.6 is 0 Å². The van der Waals surface area contributed by atoms with Crippen LogP contribution in [-0.2, 0) is 4.79 Å². The summed E-state index contributed by atoms with van der Waals surface area (Å²) in [4.78, 5) is 36.9. The van der Waals surface area contributed by atoms with Gasteiger partial charge in [-0.15, -0.1) is 0 Å². The Hall–Kier alpha value is -2.98. The molecule has 3 amide bonds. The first kappa shape index (κ1) is 23.2. The van der Waals surface area contributed by atoms with Gasteiger partial charge in [0.15, 0.2) is 0 Å². The van der Waals surface area contributed by atoms with Gasteiger partial charge in [-0.05, 0) is 44.2 Å². The molecule has 3 aliphatic rings. The second-order valence-electron chi connectivity index (χ2n) is 9.06. The van der Waals surface area contributed by atoms with Gasteiger partial charge in [-0.2, -0.15) is 0 Å². The Morgan fingerprint density at radius 1 is 1.12 bits per heavy atom. The third-order valence-corrected chi connectivity index (χ3v) is 6.62. The third-order valence-electron chi connectivity index (χ3n) is 6.62. The molecule has 1 aromatic carbocycles. The maximum Gasteiger partial charge on any atom is 0.392 e. The Labute approximate surface area is 194 Å². The molecule has 3 heterocycles. The Morgan fingerprint density at radius 2 is 1.82 bits per heavy atom. The third kappa shape index (κ3) is 4.45. The molecule has 2 unspecified atom stereocenters. The molecule has 3 aliphatic heterocycles. The van der Waals surface area contributed by atoms with Crippen molar-refractivity contribution in [2.45, 2.75) is 26.0 Å². The van der Waals surface area contributed by atoms with E-state index in [0.29, 0.717) is 17.5 Å². The predicted octanol–water partition coefficient (Wildman–Crippen LogP) is -0.0365. The van der Waals surface area contributed by atoms with Crippen LogP contribution in [0, 0.1) is 13.8 Å². The van der Waals surface area contributed by atoms with Gasteiger partial charge < -0.3 is 14.7 Å². The Balaban J connectivity index is 1.56. The maximum absolute atomic E-state index is 13.1. The topological polar surface area (TPSA) is 91.9 Å². The number of guanidine groups is 1. The number of amides is 3. The lowest BCUT2D eigenvalue weighted by Crippen LogP contribution is -2.63. The first-order valence-corrected chi connectivity index (χ1v) is 11.3. The van der Waals surface area contributed by atoms with Crippen molar-refractivity contribution in [1.82, 2.24) is 19.6 Å². The normalized spacial score (nSPS) is 22.7. The van der Waals surface area contributed by atoms with Gasteiger partial charge in [0.2, 0.25) is 11.9 Å². The first-order chi connectivity index (χ1) is 15.7. The van der Waals surface area contributed by atoms with Gasteiger partial charge in [0.1, 0.15) is 18.5 Å². The highest BCUT2D eigenvalue weighted by atomic mass is 16.5. The van der Waals surface area contributed by atoms with Crippen LogP contribution in [0.2, 0.25) is 0 Å². The molecule has 0 radical (unpaired) electrons. The fourth-order valence-electron chi connectivity index (χ4n) is 4.31. The summed E-state index contributed by atoms with van der Waals surface area (Å²) < 4.78 is 7.95. The van der Waals surface area contributed by atoms with Crippen LogP contribution in [0.15, 0.2) is 23.2 Å². The second-order valence-corrected chi connectivity index (χ2v) is 9.06. The lowest BCUT2D eigenvalue weighted by atomic mass is 10.1. The molecule has 0 aliphatic carbocycles. The fraction of sp³-hybridized carbons (Fsp3) is 0.565. The number of amidine groups is 1. The number of aliphatic hydroxyl groups is 1. The van der Waals surface area contributed by atoms with Crippen LogP contribution in [0.1, 0.15) is 11.1 Å². The van der Waals surface area contributed by atoms with Crippen molar-refractivity contribution in [3.05, 3.63) is 29.3 Å². The number of aliphatic imine (C=N–C) groups is 1. The molecule has 1 N–H and O–H groups in total. The number of hydrogen-bond donors (Lipinski definition) is 1. The Morgan fingerprint density at radius 3 is 2.48 bits per heavy atom. The standard InChI is InChI=1S/C23H33N6O4/c1-15-6-7-18(12-16(15)2)33-14-17(30)13-29-19-20(26(4)23(32)27(5)21(19)31)24-22(29)28-10-8-25(3)9-11-28/h6-7,12,17,19,30H,8-11,13-14H2,1-5H3/q+1. The van der Waals surface area contributed by atoms with Crippen LogP contribution in [0.4, 0.5) is 4.79 Å². The molecular formula is C23H33N6O4+. The average molecular weight is 458 g/mol. The number of β-amino-alcohol motifs (C(OH)–C–C–N with tert-alkyl or cyclic N) is 1. The quantitative estimate of drug-likeness (QED) is 0.624. The number of ether oxygens (including phenoxy) is 1. The molecule has 0 spiro atoms. The highest BCUT2D eigenvalue weighted by molar-refractivity contribution is 6.25. The molecule has 33 heavy (non-hydrogen) atoms. The molecular weight excluding hydrogens is 424 g/mol. The van der Waals surface area contributed by atoms with Crippen molar-refractivity contribution < 1.29 is 24.0 Å². The molecule has 178 valence electrons. The number of benzene rings is 1. The van der Waals surface area contributed by atoms with Crippen molar-refractivity contribution in [3.63, 3.8) is 0 Å². The van der Waals surface area contributed by atoms with Gasteiger partial charge in [-0.3, -0.25) is 19.2 Å². The first-order valence-electron chi connectivity index (χ1n) is 11.3. The number of fused-ring (bicyclic) bond motifs is 1. The summed E-state index contributed by atoms with van der Waals surface area (Å²) in [5, 5.41) is 10.9. The largest absolute Gasteiger partial charge is 0.491 e. The molecule has 0 aromatic heterocycles. The fourth-order valence-corrected chi connectivity index (χ4v) is 4.31. The highest BCUT2D eigenvalue weighted by Crippen LogP contribution is 2.24. The SMILES string of the molecule is Cc1ccc(OCC(O)CN2C(=[N+]3CCN(C)CC3)N=C3C2C(=O)N(C)C(=O)N3C)cc1C. The zero-order chi connectivity index (χ0) is 23.9. The summed E-state index contributed by atoms with van der Waals surface area (Å²) in [5.74, 6) is 1.37. The minimum absolute atomic E-state index is 0.0792. The number of likely N-dealkylation sites (N-methyl/N-ethyl adjacent to an activating group) is 3. The monoisotopic (exact) mass is 457 g/mol. The minimum Gasteiger partial charge on any atom is -0.491 e.